The minimum atomic E-state index is 0.702. The van der Waals surface area contributed by atoms with E-state index in [0.717, 1.165) is 12.6 Å². The van der Waals surface area contributed by atoms with E-state index >= 15 is 0 Å². The van der Waals surface area contributed by atoms with Crippen LogP contribution in [0.1, 0.15) is 32.6 Å². The van der Waals surface area contributed by atoms with Crippen LogP contribution in [-0.4, -0.2) is 55.1 Å². The van der Waals surface area contributed by atoms with Crippen molar-refractivity contribution < 1.29 is 0 Å². The molecule has 0 saturated carbocycles. The normalized spacial score (nSPS) is 29.2. The van der Waals surface area contributed by atoms with Gasteiger partial charge in [-0.2, -0.15) is 0 Å². The van der Waals surface area contributed by atoms with E-state index in [1.807, 2.05) is 0 Å². The average Bonchev–Trinajstić information content (AvgIpc) is 2.76. The van der Waals surface area contributed by atoms with Crippen LogP contribution >= 0.6 is 0 Å². The molecule has 16 heavy (non-hydrogen) atoms. The highest BCUT2D eigenvalue weighted by Crippen LogP contribution is 2.21. The van der Waals surface area contributed by atoms with E-state index in [2.05, 4.69) is 16.7 Å². The van der Waals surface area contributed by atoms with Gasteiger partial charge in [0.15, 0.2) is 0 Å². The molecule has 2 fully saturated rings. The van der Waals surface area contributed by atoms with E-state index in [1.165, 1.54) is 58.4 Å². The lowest BCUT2D eigenvalue weighted by atomic mass is 10.1. The van der Waals surface area contributed by atoms with Crippen LogP contribution in [0.2, 0.25) is 0 Å². The molecular formula is C13H27N3. The Bertz CT molecular complexity index is 207. The standard InChI is InChI=1S/C13H27N3/c1-12(10-14)4-2-6-15-8-9-16-7-3-5-13(16)11-15/h12-13H,2-11,14H2,1H3. The van der Waals surface area contributed by atoms with Gasteiger partial charge in [0.25, 0.3) is 0 Å². The van der Waals surface area contributed by atoms with Crippen molar-refractivity contribution in [3.8, 4) is 0 Å². The summed E-state index contributed by atoms with van der Waals surface area (Å²) in [6.45, 7) is 9.64. The number of hydrogen-bond acceptors (Lipinski definition) is 3. The third-order valence-corrected chi connectivity index (χ3v) is 4.25. The molecular weight excluding hydrogens is 198 g/mol. The Morgan fingerprint density at radius 3 is 3.00 bits per heavy atom. The molecule has 2 aliphatic rings. The Morgan fingerprint density at radius 1 is 1.31 bits per heavy atom. The molecule has 3 heteroatoms. The zero-order chi connectivity index (χ0) is 11.4. The molecule has 2 saturated heterocycles. The second-order valence-corrected chi connectivity index (χ2v) is 5.62. The maximum atomic E-state index is 5.64. The van der Waals surface area contributed by atoms with E-state index in [4.69, 9.17) is 5.73 Å². The van der Waals surface area contributed by atoms with Crippen molar-refractivity contribution in [1.82, 2.24) is 9.80 Å². The minimum absolute atomic E-state index is 0.702. The highest BCUT2D eigenvalue weighted by atomic mass is 15.3. The van der Waals surface area contributed by atoms with Crippen LogP contribution < -0.4 is 5.73 Å². The number of nitrogens with two attached hydrogens (primary N) is 1. The van der Waals surface area contributed by atoms with Gasteiger partial charge < -0.3 is 10.6 Å². The van der Waals surface area contributed by atoms with Gasteiger partial charge in [0, 0.05) is 25.7 Å². The van der Waals surface area contributed by atoms with Crippen LogP contribution in [0.4, 0.5) is 0 Å². The molecule has 0 aliphatic carbocycles. The first kappa shape index (κ1) is 12.3. The van der Waals surface area contributed by atoms with Crippen molar-refractivity contribution >= 4 is 0 Å². The van der Waals surface area contributed by atoms with Crippen LogP contribution in [-0.2, 0) is 0 Å². The number of fused-ring (bicyclic) bond motifs is 1. The topological polar surface area (TPSA) is 32.5 Å². The molecule has 3 nitrogen and oxygen atoms in total. The van der Waals surface area contributed by atoms with Gasteiger partial charge in [-0.25, -0.2) is 0 Å². The van der Waals surface area contributed by atoms with Crippen molar-refractivity contribution in [3.05, 3.63) is 0 Å². The van der Waals surface area contributed by atoms with E-state index in [0.29, 0.717) is 5.92 Å². The van der Waals surface area contributed by atoms with Crippen LogP contribution in [0, 0.1) is 5.92 Å². The predicted molar refractivity (Wildman–Crippen MR) is 68.5 cm³/mol. The molecule has 0 amide bonds. The largest absolute Gasteiger partial charge is 0.330 e. The highest BCUT2D eigenvalue weighted by Gasteiger charge is 2.29. The molecule has 0 radical (unpaired) electrons. The average molecular weight is 225 g/mol. The van der Waals surface area contributed by atoms with Crippen LogP contribution in [0.5, 0.6) is 0 Å². The Kier molecular flexibility index (Phi) is 4.62. The fraction of sp³-hybridized carbons (Fsp3) is 1.00. The quantitative estimate of drug-likeness (QED) is 0.761. The van der Waals surface area contributed by atoms with Gasteiger partial charge in [-0.05, 0) is 51.2 Å². The zero-order valence-electron chi connectivity index (χ0n) is 10.7. The minimum Gasteiger partial charge on any atom is -0.330 e. The molecule has 2 N–H and O–H groups in total. The van der Waals surface area contributed by atoms with E-state index in [-0.39, 0.29) is 0 Å². The molecule has 2 heterocycles. The molecule has 0 spiro atoms. The van der Waals surface area contributed by atoms with Crippen LogP contribution in [0.25, 0.3) is 0 Å². The van der Waals surface area contributed by atoms with Crippen molar-refractivity contribution in [2.24, 2.45) is 11.7 Å². The monoisotopic (exact) mass is 225 g/mol. The molecule has 0 aromatic rings. The molecule has 2 rings (SSSR count). The first-order valence-electron chi connectivity index (χ1n) is 6.96. The first-order valence-corrected chi connectivity index (χ1v) is 6.96. The van der Waals surface area contributed by atoms with Crippen LogP contribution in [0.3, 0.4) is 0 Å². The summed E-state index contributed by atoms with van der Waals surface area (Å²) in [4.78, 5) is 5.34. The van der Waals surface area contributed by atoms with Gasteiger partial charge in [-0.1, -0.05) is 6.92 Å². The number of piperazine rings is 1. The first-order chi connectivity index (χ1) is 7.79. The van der Waals surface area contributed by atoms with Crippen molar-refractivity contribution in [2.45, 2.75) is 38.6 Å². The zero-order valence-corrected chi connectivity index (χ0v) is 10.7. The van der Waals surface area contributed by atoms with E-state index in [9.17, 15) is 0 Å². The third kappa shape index (κ3) is 3.19. The van der Waals surface area contributed by atoms with Gasteiger partial charge >= 0.3 is 0 Å². The molecule has 2 aliphatic heterocycles. The van der Waals surface area contributed by atoms with Crippen molar-refractivity contribution in [2.75, 3.05) is 39.3 Å². The van der Waals surface area contributed by atoms with Crippen molar-refractivity contribution in [3.63, 3.8) is 0 Å². The lowest BCUT2D eigenvalue weighted by Gasteiger charge is -2.37. The SMILES string of the molecule is CC(CN)CCCN1CCN2CCCC2C1. The van der Waals surface area contributed by atoms with Gasteiger partial charge in [-0.15, -0.1) is 0 Å². The maximum Gasteiger partial charge on any atom is 0.0224 e. The van der Waals surface area contributed by atoms with Gasteiger partial charge in [-0.3, -0.25) is 4.90 Å². The van der Waals surface area contributed by atoms with E-state index in [1.54, 1.807) is 0 Å². The number of hydrogen-bond donors (Lipinski definition) is 1. The maximum absolute atomic E-state index is 5.64. The number of nitrogens with zero attached hydrogens (tertiary/aromatic N) is 2. The summed E-state index contributed by atoms with van der Waals surface area (Å²) >= 11 is 0. The fourth-order valence-electron chi connectivity index (χ4n) is 3.04. The van der Waals surface area contributed by atoms with Crippen LogP contribution in [0.15, 0.2) is 0 Å². The second-order valence-electron chi connectivity index (χ2n) is 5.62. The van der Waals surface area contributed by atoms with Gasteiger partial charge in [0.1, 0.15) is 0 Å². The molecule has 94 valence electrons. The fourth-order valence-corrected chi connectivity index (χ4v) is 3.04. The van der Waals surface area contributed by atoms with Gasteiger partial charge in [0.05, 0.1) is 0 Å². The number of rotatable bonds is 5. The molecule has 0 bridgehead atoms. The smallest absolute Gasteiger partial charge is 0.0224 e. The molecule has 2 unspecified atom stereocenters. The summed E-state index contributed by atoms with van der Waals surface area (Å²) in [5.41, 5.74) is 5.64. The van der Waals surface area contributed by atoms with E-state index < -0.39 is 0 Å². The van der Waals surface area contributed by atoms with Crippen molar-refractivity contribution in [1.29, 1.82) is 0 Å². The molecule has 0 aromatic heterocycles. The van der Waals surface area contributed by atoms with Gasteiger partial charge in [0.2, 0.25) is 0 Å². The second kappa shape index (κ2) is 5.99. The molecule has 0 aromatic carbocycles. The summed E-state index contributed by atoms with van der Waals surface area (Å²) in [5, 5.41) is 0. The summed E-state index contributed by atoms with van der Waals surface area (Å²) in [7, 11) is 0. The summed E-state index contributed by atoms with van der Waals surface area (Å²) in [6, 6.07) is 0.876. The summed E-state index contributed by atoms with van der Waals surface area (Å²) in [5.74, 6) is 0.702. The third-order valence-electron chi connectivity index (χ3n) is 4.25. The summed E-state index contributed by atoms with van der Waals surface area (Å²) in [6.07, 6.45) is 5.46. The Balaban J connectivity index is 1.63. The summed E-state index contributed by atoms with van der Waals surface area (Å²) < 4.78 is 0. The highest BCUT2D eigenvalue weighted by molar-refractivity contribution is 4.86. The Labute approximate surface area is 100.0 Å². The lowest BCUT2D eigenvalue weighted by molar-refractivity contribution is 0.102. The predicted octanol–water partition coefficient (Wildman–Crippen LogP) is 1.14. The Hall–Kier alpha value is -0.120. The Morgan fingerprint density at radius 2 is 2.19 bits per heavy atom. The molecule has 2 atom stereocenters. The lowest BCUT2D eigenvalue weighted by Crippen LogP contribution is -2.50.